The van der Waals surface area contributed by atoms with Crippen LogP contribution < -0.4 is 0 Å². The Balaban J connectivity index is 2.19. The van der Waals surface area contributed by atoms with E-state index in [2.05, 4.69) is 24.8 Å². The predicted molar refractivity (Wildman–Crippen MR) is 75.2 cm³/mol. The summed E-state index contributed by atoms with van der Waals surface area (Å²) in [7, 11) is 1.27. The molecule has 0 bridgehead atoms. The molecule has 0 saturated heterocycles. The van der Waals surface area contributed by atoms with Crippen LogP contribution in [0, 0.1) is 0 Å². The van der Waals surface area contributed by atoms with E-state index in [0.717, 1.165) is 12.8 Å². The minimum Gasteiger partial charge on any atom is -0.465 e. The average molecular weight is 286 g/mol. The predicted octanol–water partition coefficient (Wildman–Crippen LogP) is 3.27. The molecule has 8 nitrogen and oxygen atoms in total. The van der Waals surface area contributed by atoms with Crippen LogP contribution in [0.2, 0.25) is 0 Å². The van der Waals surface area contributed by atoms with Crippen LogP contribution in [0.25, 0.3) is 21.5 Å². The maximum Gasteiger partial charge on any atom is 0.339 e. The lowest BCUT2D eigenvalue weighted by atomic mass is 10.2. The first-order valence-corrected chi connectivity index (χ1v) is 6.76. The highest BCUT2D eigenvalue weighted by Gasteiger charge is 2.23. The van der Waals surface area contributed by atoms with Gasteiger partial charge in [-0.2, -0.15) is 5.10 Å². The Morgan fingerprint density at radius 2 is 2.24 bits per heavy atom. The number of pyridine rings is 1. The van der Waals surface area contributed by atoms with Gasteiger partial charge in [0.05, 0.1) is 30.6 Å². The third-order valence-corrected chi connectivity index (χ3v) is 3.82. The van der Waals surface area contributed by atoms with Gasteiger partial charge in [-0.05, 0) is 18.4 Å². The quantitative estimate of drug-likeness (QED) is 0.373. The van der Waals surface area contributed by atoms with E-state index in [-0.39, 0.29) is 11.3 Å². The molecule has 2 aromatic rings. The van der Waals surface area contributed by atoms with Gasteiger partial charge in [0, 0.05) is 16.5 Å². The summed E-state index contributed by atoms with van der Waals surface area (Å²) in [5.74, 6) is -0.583. The number of carbonyl (C=O) groups excluding carboxylic acids is 1. The largest absolute Gasteiger partial charge is 0.465 e. The van der Waals surface area contributed by atoms with Crippen molar-refractivity contribution in [3.63, 3.8) is 0 Å². The van der Waals surface area contributed by atoms with E-state index in [4.69, 9.17) is 5.53 Å². The van der Waals surface area contributed by atoms with Crippen LogP contribution in [-0.4, -0.2) is 27.8 Å². The third-order valence-electron chi connectivity index (χ3n) is 3.82. The van der Waals surface area contributed by atoms with Gasteiger partial charge in [-0.3, -0.25) is 0 Å². The lowest BCUT2D eigenvalue weighted by Crippen LogP contribution is -2.08. The molecule has 2 heterocycles. The Morgan fingerprint density at radius 1 is 1.48 bits per heavy atom. The maximum absolute atomic E-state index is 11.7. The molecular weight excluding hydrogens is 272 g/mol. The molecule has 0 amide bonds. The summed E-state index contributed by atoms with van der Waals surface area (Å²) in [5.41, 5.74) is 9.74. The summed E-state index contributed by atoms with van der Waals surface area (Å²) in [5, 5.41) is 8.57. The maximum atomic E-state index is 11.7. The van der Waals surface area contributed by atoms with Crippen molar-refractivity contribution in [3.8, 4) is 0 Å². The molecule has 0 spiro atoms. The first-order valence-electron chi connectivity index (χ1n) is 6.76. The van der Waals surface area contributed by atoms with Gasteiger partial charge in [-0.1, -0.05) is 18.0 Å². The highest BCUT2D eigenvalue weighted by atomic mass is 16.5. The van der Waals surface area contributed by atoms with Crippen molar-refractivity contribution in [1.82, 2.24) is 14.8 Å². The number of nitrogens with zero attached hydrogens (tertiary/aromatic N) is 6. The average Bonchev–Trinajstić information content (AvgIpc) is 3.15. The van der Waals surface area contributed by atoms with Gasteiger partial charge in [0.15, 0.2) is 5.65 Å². The van der Waals surface area contributed by atoms with Gasteiger partial charge < -0.3 is 4.74 Å². The fourth-order valence-electron chi connectivity index (χ4n) is 2.81. The standard InChI is InChI=1S/C13H14N6O2/c1-21-13(20)10-6-15-12-9(11(10)17-18-14)7-16-19(12)8-4-2-3-5-8/h6-8H,2-5H2,1H3. The van der Waals surface area contributed by atoms with Crippen LogP contribution in [0.15, 0.2) is 17.5 Å². The minimum atomic E-state index is -0.583. The molecule has 0 radical (unpaired) electrons. The molecule has 1 aliphatic rings. The second-order valence-electron chi connectivity index (χ2n) is 4.97. The molecule has 2 aromatic heterocycles. The number of fused-ring (bicyclic) bond motifs is 1. The molecule has 1 aliphatic carbocycles. The van der Waals surface area contributed by atoms with Gasteiger partial charge in [0.25, 0.3) is 0 Å². The smallest absolute Gasteiger partial charge is 0.339 e. The van der Waals surface area contributed by atoms with Crippen molar-refractivity contribution < 1.29 is 9.53 Å². The van der Waals surface area contributed by atoms with Crippen LogP contribution >= 0.6 is 0 Å². The molecule has 0 atom stereocenters. The van der Waals surface area contributed by atoms with Crippen LogP contribution in [0.1, 0.15) is 42.1 Å². The summed E-state index contributed by atoms with van der Waals surface area (Å²) in [6.45, 7) is 0. The number of rotatable bonds is 3. The molecule has 0 aromatic carbocycles. The Bertz CT molecular complexity index is 740. The van der Waals surface area contributed by atoms with Crippen LogP contribution in [0.3, 0.4) is 0 Å². The zero-order valence-corrected chi connectivity index (χ0v) is 11.6. The molecule has 0 aliphatic heterocycles. The number of methoxy groups -OCH3 is 1. The summed E-state index contributed by atoms with van der Waals surface area (Å²) < 4.78 is 6.55. The van der Waals surface area contributed by atoms with Crippen molar-refractivity contribution in [2.24, 2.45) is 5.11 Å². The van der Waals surface area contributed by atoms with E-state index >= 15 is 0 Å². The van der Waals surface area contributed by atoms with E-state index in [1.807, 2.05) is 4.68 Å². The fourth-order valence-corrected chi connectivity index (χ4v) is 2.81. The monoisotopic (exact) mass is 286 g/mol. The summed E-state index contributed by atoms with van der Waals surface area (Å²) >= 11 is 0. The van der Waals surface area contributed by atoms with Gasteiger partial charge >= 0.3 is 5.97 Å². The Labute approximate surface area is 120 Å². The van der Waals surface area contributed by atoms with E-state index in [1.165, 1.54) is 26.1 Å². The molecule has 21 heavy (non-hydrogen) atoms. The zero-order valence-electron chi connectivity index (χ0n) is 11.6. The third kappa shape index (κ3) is 2.19. The van der Waals surface area contributed by atoms with Crippen LogP contribution in [-0.2, 0) is 4.74 Å². The molecule has 8 heteroatoms. The minimum absolute atomic E-state index is 0.147. The Hall–Kier alpha value is -2.60. The molecular formula is C13H14N6O2. The highest BCUT2D eigenvalue weighted by Crippen LogP contribution is 2.34. The van der Waals surface area contributed by atoms with Crippen LogP contribution in [0.4, 0.5) is 5.69 Å². The molecule has 1 fully saturated rings. The number of aromatic nitrogens is 3. The number of azide groups is 1. The molecule has 0 N–H and O–H groups in total. The second-order valence-corrected chi connectivity index (χ2v) is 4.97. The Morgan fingerprint density at radius 3 is 2.90 bits per heavy atom. The number of hydrogen-bond donors (Lipinski definition) is 0. The number of hydrogen-bond acceptors (Lipinski definition) is 5. The lowest BCUT2D eigenvalue weighted by molar-refractivity contribution is 0.0601. The first-order chi connectivity index (χ1) is 10.3. The molecule has 1 saturated carbocycles. The summed E-state index contributed by atoms with van der Waals surface area (Å²) in [4.78, 5) is 18.8. The first kappa shape index (κ1) is 13.4. The van der Waals surface area contributed by atoms with E-state index in [0.29, 0.717) is 17.1 Å². The van der Waals surface area contributed by atoms with Crippen molar-refractivity contribution >= 4 is 22.7 Å². The Kier molecular flexibility index (Phi) is 3.45. The molecule has 3 rings (SSSR count). The topological polar surface area (TPSA) is 106 Å². The fraction of sp³-hybridized carbons (Fsp3) is 0.462. The van der Waals surface area contributed by atoms with Gasteiger partial charge in [-0.15, -0.1) is 0 Å². The summed E-state index contributed by atoms with van der Waals surface area (Å²) in [6.07, 6.45) is 7.45. The normalized spacial score (nSPS) is 15.1. The van der Waals surface area contributed by atoms with Crippen molar-refractivity contribution in [2.45, 2.75) is 31.7 Å². The second kappa shape index (κ2) is 5.41. The van der Waals surface area contributed by atoms with E-state index in [9.17, 15) is 4.79 Å². The zero-order chi connectivity index (χ0) is 14.8. The lowest BCUT2D eigenvalue weighted by Gasteiger charge is -2.11. The molecule has 0 unspecified atom stereocenters. The van der Waals surface area contributed by atoms with Crippen molar-refractivity contribution in [2.75, 3.05) is 7.11 Å². The van der Waals surface area contributed by atoms with Crippen molar-refractivity contribution in [3.05, 3.63) is 28.4 Å². The summed E-state index contributed by atoms with van der Waals surface area (Å²) in [6, 6.07) is 0.317. The van der Waals surface area contributed by atoms with Crippen molar-refractivity contribution in [1.29, 1.82) is 0 Å². The van der Waals surface area contributed by atoms with Gasteiger partial charge in [-0.25, -0.2) is 14.5 Å². The number of carbonyl (C=O) groups is 1. The van der Waals surface area contributed by atoms with E-state index < -0.39 is 5.97 Å². The van der Waals surface area contributed by atoms with Crippen LogP contribution in [0.5, 0.6) is 0 Å². The number of esters is 1. The van der Waals surface area contributed by atoms with E-state index in [1.54, 1.807) is 6.20 Å². The SMILES string of the molecule is COC(=O)c1cnc2c(cnn2C2CCCC2)c1N=[N+]=[N-]. The van der Waals surface area contributed by atoms with Gasteiger partial charge in [0.2, 0.25) is 0 Å². The highest BCUT2D eigenvalue weighted by molar-refractivity contribution is 6.02. The molecule has 108 valence electrons. The number of ether oxygens (including phenoxy) is 1. The van der Waals surface area contributed by atoms with Gasteiger partial charge in [0.1, 0.15) is 0 Å².